The Kier molecular flexibility index (Phi) is 5.36. The predicted molar refractivity (Wildman–Crippen MR) is 91.9 cm³/mol. The molecule has 1 aliphatic carbocycles. The molecular formula is C19H24N2O4. The lowest BCUT2D eigenvalue weighted by molar-refractivity contribution is -0.137. The summed E-state index contributed by atoms with van der Waals surface area (Å²) in [5, 5.41) is 0. The fourth-order valence-electron chi connectivity index (χ4n) is 3.60. The van der Waals surface area contributed by atoms with Crippen molar-refractivity contribution in [2.24, 2.45) is 11.7 Å². The van der Waals surface area contributed by atoms with Gasteiger partial charge in [0.25, 0.3) is 5.91 Å². The largest absolute Gasteiger partial charge is 0.452 e. The summed E-state index contributed by atoms with van der Waals surface area (Å²) in [7, 11) is 0. The van der Waals surface area contributed by atoms with Crippen molar-refractivity contribution in [3.63, 3.8) is 0 Å². The van der Waals surface area contributed by atoms with Gasteiger partial charge >= 0.3 is 5.97 Å². The Hall–Kier alpha value is -2.37. The molecule has 2 N–H and O–H groups in total. The number of primary amides is 1. The third-order valence-electron chi connectivity index (χ3n) is 5.09. The zero-order chi connectivity index (χ0) is 17.8. The molecule has 0 spiro atoms. The Balaban J connectivity index is 1.55. The molecule has 3 rings (SSSR count). The average molecular weight is 344 g/mol. The van der Waals surface area contributed by atoms with Crippen molar-refractivity contribution >= 4 is 17.8 Å². The normalized spacial score (nSPS) is 19.8. The van der Waals surface area contributed by atoms with Crippen molar-refractivity contribution in [2.45, 2.75) is 38.5 Å². The van der Waals surface area contributed by atoms with E-state index in [0.717, 1.165) is 25.7 Å². The van der Waals surface area contributed by atoms with E-state index < -0.39 is 5.97 Å². The van der Waals surface area contributed by atoms with E-state index in [1.165, 1.54) is 17.5 Å². The molecule has 6 nitrogen and oxygen atoms in total. The van der Waals surface area contributed by atoms with E-state index >= 15 is 0 Å². The Labute approximate surface area is 147 Å². The lowest BCUT2D eigenvalue weighted by atomic mass is 9.90. The van der Waals surface area contributed by atoms with Crippen LogP contribution in [0.25, 0.3) is 0 Å². The van der Waals surface area contributed by atoms with Crippen molar-refractivity contribution < 1.29 is 19.1 Å². The molecule has 1 fully saturated rings. The van der Waals surface area contributed by atoms with Crippen molar-refractivity contribution in [3.05, 3.63) is 34.9 Å². The van der Waals surface area contributed by atoms with Gasteiger partial charge in [0.15, 0.2) is 6.61 Å². The Morgan fingerprint density at radius 3 is 2.64 bits per heavy atom. The number of rotatable bonds is 4. The van der Waals surface area contributed by atoms with Crippen LogP contribution in [0.15, 0.2) is 18.2 Å². The highest BCUT2D eigenvalue weighted by atomic mass is 16.5. The summed E-state index contributed by atoms with van der Waals surface area (Å²) in [6.45, 7) is 0.574. The van der Waals surface area contributed by atoms with E-state index in [1.807, 2.05) is 12.1 Å². The van der Waals surface area contributed by atoms with E-state index in [1.54, 1.807) is 11.0 Å². The average Bonchev–Trinajstić information content (AvgIpc) is 2.65. The first-order chi connectivity index (χ1) is 12.0. The van der Waals surface area contributed by atoms with E-state index in [2.05, 4.69) is 0 Å². The van der Waals surface area contributed by atoms with Gasteiger partial charge in [0.2, 0.25) is 5.91 Å². The summed E-state index contributed by atoms with van der Waals surface area (Å²) in [5.74, 6) is -1.46. The van der Waals surface area contributed by atoms with Crippen molar-refractivity contribution in [3.8, 4) is 0 Å². The van der Waals surface area contributed by atoms with E-state index in [9.17, 15) is 14.4 Å². The van der Waals surface area contributed by atoms with Gasteiger partial charge in [-0.15, -0.1) is 0 Å². The number of hydrogen-bond acceptors (Lipinski definition) is 4. The Morgan fingerprint density at radius 2 is 1.88 bits per heavy atom. The molecule has 2 aliphatic rings. The minimum Gasteiger partial charge on any atom is -0.452 e. The number of aryl methyl sites for hydroxylation is 2. The molecule has 1 aromatic carbocycles. The van der Waals surface area contributed by atoms with E-state index in [4.69, 9.17) is 10.5 Å². The number of hydrogen-bond donors (Lipinski definition) is 1. The molecule has 1 aliphatic heterocycles. The van der Waals surface area contributed by atoms with Crippen molar-refractivity contribution in [1.82, 2.24) is 4.90 Å². The molecule has 2 amide bonds. The number of nitrogens with two attached hydrogens (primary N) is 1. The number of carbonyl (C=O) groups is 3. The van der Waals surface area contributed by atoms with Gasteiger partial charge in [-0.3, -0.25) is 9.59 Å². The highest BCUT2D eigenvalue weighted by molar-refractivity contribution is 5.91. The fraction of sp³-hybridized carbons (Fsp3) is 0.526. The summed E-state index contributed by atoms with van der Waals surface area (Å²) in [6.07, 6.45) is 5.80. The molecule has 0 aromatic heterocycles. The summed E-state index contributed by atoms with van der Waals surface area (Å²) in [5.41, 5.74) is 8.31. The first-order valence-electron chi connectivity index (χ1n) is 8.90. The van der Waals surface area contributed by atoms with Gasteiger partial charge in [-0.25, -0.2) is 4.79 Å². The smallest absolute Gasteiger partial charge is 0.338 e. The number of fused-ring (bicyclic) bond motifs is 1. The second-order valence-corrected chi connectivity index (χ2v) is 6.85. The van der Waals surface area contributed by atoms with Gasteiger partial charge in [0.1, 0.15) is 0 Å². The molecule has 0 radical (unpaired) electrons. The quantitative estimate of drug-likeness (QED) is 0.837. The van der Waals surface area contributed by atoms with Gasteiger partial charge in [-0.05, 0) is 61.8 Å². The highest BCUT2D eigenvalue weighted by Gasteiger charge is 2.27. The zero-order valence-electron chi connectivity index (χ0n) is 14.3. The molecule has 0 saturated carbocycles. The van der Waals surface area contributed by atoms with Gasteiger partial charge in [-0.2, -0.15) is 0 Å². The third-order valence-corrected chi connectivity index (χ3v) is 5.09. The van der Waals surface area contributed by atoms with Crippen LogP contribution in [0.5, 0.6) is 0 Å². The molecule has 1 saturated heterocycles. The van der Waals surface area contributed by atoms with Crippen LogP contribution in [0.1, 0.15) is 47.2 Å². The maximum absolute atomic E-state index is 12.2. The topological polar surface area (TPSA) is 89.7 Å². The Bertz CT molecular complexity index is 686. The van der Waals surface area contributed by atoms with Crippen LogP contribution in [-0.4, -0.2) is 42.4 Å². The van der Waals surface area contributed by atoms with Crippen molar-refractivity contribution in [1.29, 1.82) is 0 Å². The molecule has 0 bridgehead atoms. The van der Waals surface area contributed by atoms with Gasteiger partial charge in [-0.1, -0.05) is 6.07 Å². The number of piperidine rings is 1. The van der Waals surface area contributed by atoms with Crippen LogP contribution in [0.3, 0.4) is 0 Å². The van der Waals surface area contributed by atoms with Gasteiger partial charge in [0, 0.05) is 13.1 Å². The fourth-order valence-corrected chi connectivity index (χ4v) is 3.60. The maximum Gasteiger partial charge on any atom is 0.338 e. The van der Waals surface area contributed by atoms with Crippen LogP contribution in [0.2, 0.25) is 0 Å². The van der Waals surface area contributed by atoms with Gasteiger partial charge in [0.05, 0.1) is 11.5 Å². The molecule has 1 aromatic rings. The lowest BCUT2D eigenvalue weighted by Gasteiger charge is -2.31. The number of esters is 1. The molecule has 25 heavy (non-hydrogen) atoms. The molecule has 6 heteroatoms. The SMILES string of the molecule is NC(=O)[C@@H]1CCCN(C(=O)COC(=O)c2ccc3c(c2)CCCC3)C1. The van der Waals surface area contributed by atoms with Crippen LogP contribution in [-0.2, 0) is 27.2 Å². The van der Waals surface area contributed by atoms with E-state index in [-0.39, 0.29) is 24.3 Å². The Morgan fingerprint density at radius 1 is 1.12 bits per heavy atom. The number of benzene rings is 1. The molecule has 134 valence electrons. The van der Waals surface area contributed by atoms with Crippen molar-refractivity contribution in [2.75, 3.05) is 19.7 Å². The number of ether oxygens (including phenoxy) is 1. The molecule has 1 heterocycles. The van der Waals surface area contributed by atoms with Crippen LogP contribution in [0, 0.1) is 5.92 Å². The summed E-state index contributed by atoms with van der Waals surface area (Å²) in [6, 6.07) is 5.63. The lowest BCUT2D eigenvalue weighted by Crippen LogP contribution is -2.45. The number of amides is 2. The van der Waals surface area contributed by atoms with E-state index in [0.29, 0.717) is 25.1 Å². The molecule has 1 atom stereocenters. The standard InChI is InChI=1S/C19H24N2O4/c20-18(23)16-6-3-9-21(11-16)17(22)12-25-19(24)15-8-7-13-4-1-2-5-14(13)10-15/h7-8,10,16H,1-6,9,11-12H2,(H2,20,23)/t16-/m1/s1. The molecule has 0 unspecified atom stereocenters. The summed E-state index contributed by atoms with van der Waals surface area (Å²) >= 11 is 0. The highest BCUT2D eigenvalue weighted by Crippen LogP contribution is 2.22. The maximum atomic E-state index is 12.2. The van der Waals surface area contributed by atoms with Crippen LogP contribution >= 0.6 is 0 Å². The summed E-state index contributed by atoms with van der Waals surface area (Å²) in [4.78, 5) is 37.3. The van der Waals surface area contributed by atoms with Crippen LogP contribution in [0.4, 0.5) is 0 Å². The number of likely N-dealkylation sites (tertiary alicyclic amines) is 1. The monoisotopic (exact) mass is 344 g/mol. The minimum atomic E-state index is -0.481. The first kappa shape index (κ1) is 17.5. The molecular weight excluding hydrogens is 320 g/mol. The predicted octanol–water partition coefficient (Wildman–Crippen LogP) is 1.45. The second kappa shape index (κ2) is 7.68. The van der Waals surface area contributed by atoms with Crippen LogP contribution < -0.4 is 5.73 Å². The number of nitrogens with zero attached hydrogens (tertiary/aromatic N) is 1. The zero-order valence-corrected chi connectivity index (χ0v) is 14.3. The summed E-state index contributed by atoms with van der Waals surface area (Å²) < 4.78 is 5.18. The first-order valence-corrected chi connectivity index (χ1v) is 8.90. The minimum absolute atomic E-state index is 0.280. The third kappa shape index (κ3) is 4.18. The number of carbonyl (C=O) groups excluding carboxylic acids is 3. The second-order valence-electron chi connectivity index (χ2n) is 6.85. The van der Waals surface area contributed by atoms with Gasteiger partial charge < -0.3 is 15.4 Å².